The van der Waals surface area contributed by atoms with Crippen LogP contribution < -0.4 is 16.4 Å². The van der Waals surface area contributed by atoms with Crippen LogP contribution in [-0.4, -0.2) is 60.3 Å². The van der Waals surface area contributed by atoms with Crippen molar-refractivity contribution in [2.45, 2.75) is 84.4 Å². The van der Waals surface area contributed by atoms with Crippen molar-refractivity contribution in [3.63, 3.8) is 0 Å². The highest BCUT2D eigenvalue weighted by Crippen LogP contribution is 2.30. The third-order valence-electron chi connectivity index (χ3n) is 11.9. The molecule has 0 unspecified atom stereocenters. The molecule has 2 saturated heterocycles. The van der Waals surface area contributed by atoms with Gasteiger partial charge in [0.05, 0.1) is 46.9 Å². The highest BCUT2D eigenvalue weighted by atomic mass is 127. The van der Waals surface area contributed by atoms with Gasteiger partial charge in [-0.2, -0.15) is 40.5 Å². The molecule has 2 aliphatic rings. The Kier molecular flexibility index (Phi) is 30.8. The zero-order valence-electron chi connectivity index (χ0n) is 43.6. The number of ether oxygens (including phenoxy) is 2. The Balaban J connectivity index is 0.000000362. The van der Waals surface area contributed by atoms with Gasteiger partial charge in [0.1, 0.15) is 51.7 Å². The van der Waals surface area contributed by atoms with Crippen LogP contribution in [0.2, 0.25) is 5.15 Å². The molecule has 80 heavy (non-hydrogen) atoms. The molecule has 5 heterocycles. The summed E-state index contributed by atoms with van der Waals surface area (Å²) in [6, 6.07) is 38.5. The van der Waals surface area contributed by atoms with E-state index >= 15 is 0 Å². The number of nitrogens with two attached hydrogens (primary N) is 1. The monoisotopic (exact) mass is 1410 g/mol. The lowest BCUT2D eigenvalue weighted by molar-refractivity contribution is 0.00841. The number of nitrogens with one attached hydrogen (secondary N) is 2. The molecule has 0 bridgehead atoms. The van der Waals surface area contributed by atoms with Crippen molar-refractivity contribution in [2.75, 3.05) is 37.1 Å². The standard InChI is InChI=1S/C20H20FN3O.C17H15BrFN3.C9H6ClFN2.C8H10BrN.C3H5IO.2CH4.3H2S/c1-12(14-3-5-15(6-4-14)16-10-25-11-16)22-20-18-8-7-17(21)9-19(18)23-13(2)24-20;1-10(12-3-5-13(18)6-4-12)20-17-15-8-7-14(19)9-16(15)21-11(2)22-17;1-5-12-8-4-6(11)2-3-7(8)9(10)13-5;1-6(10)7-2-4-8(9)5-3-7;4-3-1-5-2-3;;;;;/h3-9,12,16H,10-11H2,1-2H3,(H,22,23,24);3-10H,1-2H3,(H,20,21,22);2-4H,1H3;2-6H,10H2,1H3;3H,1-2H2;2*1H4;3*1H2/t12-;10-;;6-;;;;;;/m00.0....../s1. The minimum absolute atomic E-state index is 0. The number of aryl methyl sites for hydroxylation is 3. The maximum absolute atomic E-state index is 13.5. The molecule has 430 valence electrons. The summed E-state index contributed by atoms with van der Waals surface area (Å²) in [7, 11) is 0. The molecular weight excluding hydrogens is 1340 g/mol. The van der Waals surface area contributed by atoms with E-state index in [4.69, 9.17) is 26.8 Å². The summed E-state index contributed by atoms with van der Waals surface area (Å²) in [5.74, 6) is 2.85. The summed E-state index contributed by atoms with van der Waals surface area (Å²) >= 11 is 15.0. The van der Waals surface area contributed by atoms with Gasteiger partial charge < -0.3 is 25.8 Å². The third kappa shape index (κ3) is 20.8. The summed E-state index contributed by atoms with van der Waals surface area (Å²) < 4.78 is 52.7. The predicted molar refractivity (Wildman–Crippen MR) is 356 cm³/mol. The normalized spacial score (nSPS) is 13.3. The van der Waals surface area contributed by atoms with Gasteiger partial charge in [-0.05, 0) is 124 Å². The first kappa shape index (κ1) is 71.7. The van der Waals surface area contributed by atoms with Gasteiger partial charge in [-0.15, -0.1) is 0 Å². The first-order chi connectivity index (χ1) is 35.9. The number of alkyl halides is 1. The fourth-order valence-corrected chi connectivity index (χ4v) is 8.94. The van der Waals surface area contributed by atoms with E-state index in [1.807, 2.05) is 50.2 Å². The average molecular weight is 1410 g/mol. The van der Waals surface area contributed by atoms with Crippen molar-refractivity contribution in [2.24, 2.45) is 5.73 Å². The van der Waals surface area contributed by atoms with Gasteiger partial charge in [-0.25, -0.2) is 43.1 Å². The lowest BCUT2D eigenvalue weighted by atomic mass is 9.95. The molecule has 11 rings (SSSR count). The molecule has 0 spiro atoms. The van der Waals surface area contributed by atoms with Gasteiger partial charge in [-0.1, -0.05) is 129 Å². The van der Waals surface area contributed by atoms with E-state index in [1.165, 1.54) is 53.1 Å². The van der Waals surface area contributed by atoms with E-state index in [0.717, 1.165) is 67.3 Å². The van der Waals surface area contributed by atoms with Crippen LogP contribution in [0.4, 0.5) is 24.8 Å². The fraction of sp³-hybridized carbons (Fsp3) is 0.288. The van der Waals surface area contributed by atoms with Gasteiger partial charge in [0, 0.05) is 67.3 Å². The first-order valence-electron chi connectivity index (χ1n) is 24.0. The predicted octanol–water partition coefficient (Wildman–Crippen LogP) is 17.0. The number of aromatic nitrogens is 6. The smallest absolute Gasteiger partial charge is 0.140 e. The van der Waals surface area contributed by atoms with E-state index in [2.05, 4.69) is 145 Å². The van der Waals surface area contributed by atoms with E-state index < -0.39 is 0 Å². The van der Waals surface area contributed by atoms with E-state index in [-0.39, 0.29) is 90.9 Å². The van der Waals surface area contributed by atoms with Crippen molar-refractivity contribution < 1.29 is 22.6 Å². The van der Waals surface area contributed by atoms with Crippen LogP contribution in [0.15, 0.2) is 136 Å². The minimum atomic E-state index is -0.318. The van der Waals surface area contributed by atoms with Crippen molar-refractivity contribution in [1.29, 1.82) is 0 Å². The molecule has 0 amide bonds. The fourth-order valence-electron chi connectivity index (χ4n) is 7.62. The molecule has 9 aromatic rings. The number of hydrogen-bond acceptors (Lipinski definition) is 11. The van der Waals surface area contributed by atoms with Gasteiger partial charge in [0.15, 0.2) is 0 Å². The Hall–Kier alpha value is -4.36. The van der Waals surface area contributed by atoms with Crippen molar-refractivity contribution >= 4 is 151 Å². The summed E-state index contributed by atoms with van der Waals surface area (Å²) in [5.41, 5.74) is 12.2. The van der Waals surface area contributed by atoms with E-state index in [1.54, 1.807) is 32.0 Å². The molecule has 4 N–H and O–H groups in total. The highest BCUT2D eigenvalue weighted by Gasteiger charge is 2.21. The molecule has 3 aromatic heterocycles. The van der Waals surface area contributed by atoms with Crippen molar-refractivity contribution in [3.05, 3.63) is 199 Å². The number of benzene rings is 6. The number of hydrogen-bond donors (Lipinski definition) is 3. The van der Waals surface area contributed by atoms with Gasteiger partial charge in [-0.3, -0.25) is 0 Å². The topological polar surface area (TPSA) is 146 Å². The quantitative estimate of drug-likeness (QED) is 0.0759. The maximum atomic E-state index is 13.5. The number of fused-ring (bicyclic) bond motifs is 3. The SMILES string of the molecule is C.C.C[C@H](N)c1ccc(Br)cc1.Cc1nc(Cl)c2ccc(F)cc2n1.Cc1nc(N[C@@H](C)c2ccc(Br)cc2)c2ccc(F)cc2n1.Cc1nc(N[C@@H](C)c2ccc(C3COC3)cc2)c2ccc(F)cc2n1.IC1COC1.S.S.S. The summed E-state index contributed by atoms with van der Waals surface area (Å²) in [6.07, 6.45) is 0. The van der Waals surface area contributed by atoms with Crippen LogP contribution in [0, 0.1) is 38.2 Å². The second-order valence-electron chi connectivity index (χ2n) is 17.9. The second-order valence-corrected chi connectivity index (χ2v) is 21.9. The molecule has 3 atom stereocenters. The summed E-state index contributed by atoms with van der Waals surface area (Å²) in [4.78, 5) is 25.6. The van der Waals surface area contributed by atoms with Crippen LogP contribution in [0.1, 0.15) is 99.4 Å². The first-order valence-corrected chi connectivity index (χ1v) is 27.3. The number of rotatable bonds is 8. The van der Waals surface area contributed by atoms with Gasteiger partial charge in [0.25, 0.3) is 0 Å². The Morgan fingerprint density at radius 2 is 0.863 bits per heavy atom. The van der Waals surface area contributed by atoms with Crippen molar-refractivity contribution in [1.82, 2.24) is 29.9 Å². The highest BCUT2D eigenvalue weighted by molar-refractivity contribution is 14.1. The molecule has 21 heteroatoms. The second kappa shape index (κ2) is 34.3. The van der Waals surface area contributed by atoms with Crippen LogP contribution in [0.3, 0.4) is 0 Å². The molecule has 0 aliphatic carbocycles. The molecule has 0 radical (unpaired) electrons. The zero-order chi connectivity index (χ0) is 53.8. The molecule has 2 aliphatic heterocycles. The van der Waals surface area contributed by atoms with Crippen molar-refractivity contribution in [3.8, 4) is 0 Å². The molecular formula is C59H70Br2ClF3IN9O2S3. The Bertz CT molecular complexity index is 3340. The summed E-state index contributed by atoms with van der Waals surface area (Å²) in [5, 5.41) is 9.51. The molecule has 6 aromatic carbocycles. The molecule has 0 saturated carbocycles. The van der Waals surface area contributed by atoms with E-state index in [9.17, 15) is 13.2 Å². The van der Waals surface area contributed by atoms with Crippen LogP contribution in [0.5, 0.6) is 0 Å². The largest absolute Gasteiger partial charge is 0.380 e. The van der Waals surface area contributed by atoms with Gasteiger partial charge in [0.2, 0.25) is 0 Å². The Labute approximate surface area is 524 Å². The number of nitrogens with zero attached hydrogens (tertiary/aromatic N) is 6. The zero-order valence-corrected chi connectivity index (χ0v) is 52.6. The average Bonchev–Trinajstić information content (AvgIpc) is 3.33. The van der Waals surface area contributed by atoms with Crippen LogP contribution in [0.25, 0.3) is 32.7 Å². The Morgan fingerprint density at radius 1 is 0.525 bits per heavy atom. The minimum Gasteiger partial charge on any atom is -0.380 e. The number of halogens is 7. The Morgan fingerprint density at radius 3 is 1.21 bits per heavy atom. The van der Waals surface area contributed by atoms with Gasteiger partial charge >= 0.3 is 0 Å². The van der Waals surface area contributed by atoms with Crippen LogP contribution in [-0.2, 0) is 9.47 Å². The summed E-state index contributed by atoms with van der Waals surface area (Å²) in [6.45, 7) is 15.0. The lowest BCUT2D eigenvalue weighted by Gasteiger charge is -2.26. The third-order valence-corrected chi connectivity index (χ3v) is 13.9. The maximum Gasteiger partial charge on any atom is 0.140 e. The number of anilines is 2. The van der Waals surface area contributed by atoms with Crippen LogP contribution >= 0.6 is 107 Å². The van der Waals surface area contributed by atoms with E-state index in [0.29, 0.717) is 50.5 Å². The lowest BCUT2D eigenvalue weighted by Crippen LogP contribution is -2.26. The molecule has 2 fully saturated rings. The molecule has 11 nitrogen and oxygen atoms in total.